The highest BCUT2D eigenvalue weighted by Crippen LogP contribution is 2.31. The van der Waals surface area contributed by atoms with Crippen LogP contribution in [0.1, 0.15) is 29.8 Å². The van der Waals surface area contributed by atoms with Crippen molar-refractivity contribution >= 4 is 38.3 Å². The number of likely N-dealkylation sites (N-methyl/N-ethyl adjacent to an activating group) is 1. The van der Waals surface area contributed by atoms with E-state index in [1.54, 1.807) is 11.0 Å². The molecular weight excluding hydrogens is 388 g/mol. The average molecular weight is 413 g/mol. The van der Waals surface area contributed by atoms with Crippen molar-refractivity contribution < 1.29 is 9.72 Å². The second-order valence-corrected chi connectivity index (χ2v) is 7.72. The van der Waals surface area contributed by atoms with E-state index in [4.69, 9.17) is 4.98 Å². The summed E-state index contributed by atoms with van der Waals surface area (Å²) in [6.45, 7) is 9.08. The number of thiazole rings is 1. The standard InChI is InChI=1S/C21H24N4O3S/c1-4-23(5-2)12-13-24(20(26)16-9-7-10-17(14-16)25(27)28)21-22-19-15(3)8-6-11-18(19)29-21/h6-11,14H,4-5,12-13H2,1-3H3. The quantitative estimate of drug-likeness (QED) is 0.402. The molecule has 0 unspecified atom stereocenters. The smallest absolute Gasteiger partial charge is 0.270 e. The van der Waals surface area contributed by atoms with Crippen LogP contribution in [0, 0.1) is 17.0 Å². The van der Waals surface area contributed by atoms with Crippen molar-refractivity contribution in [2.45, 2.75) is 20.8 Å². The van der Waals surface area contributed by atoms with E-state index in [-0.39, 0.29) is 17.2 Å². The van der Waals surface area contributed by atoms with Gasteiger partial charge >= 0.3 is 0 Å². The molecule has 29 heavy (non-hydrogen) atoms. The van der Waals surface area contributed by atoms with Crippen molar-refractivity contribution in [1.29, 1.82) is 0 Å². The van der Waals surface area contributed by atoms with E-state index < -0.39 is 4.92 Å². The van der Waals surface area contributed by atoms with Crippen molar-refractivity contribution in [3.05, 3.63) is 63.7 Å². The Bertz CT molecular complexity index is 1030. The Morgan fingerprint density at radius 2 is 1.86 bits per heavy atom. The number of para-hydroxylation sites is 1. The predicted molar refractivity (Wildman–Crippen MR) is 117 cm³/mol. The normalized spacial score (nSPS) is 11.2. The Balaban J connectivity index is 1.99. The van der Waals surface area contributed by atoms with Crippen LogP contribution in [-0.4, -0.2) is 46.9 Å². The van der Waals surface area contributed by atoms with Crippen LogP contribution in [0.4, 0.5) is 10.8 Å². The number of nitro benzene ring substituents is 1. The van der Waals surface area contributed by atoms with Gasteiger partial charge in [-0.15, -0.1) is 0 Å². The molecule has 0 saturated heterocycles. The molecule has 7 nitrogen and oxygen atoms in total. The number of hydrogen-bond donors (Lipinski definition) is 0. The summed E-state index contributed by atoms with van der Waals surface area (Å²) in [5, 5.41) is 11.7. The first-order chi connectivity index (χ1) is 13.9. The maximum absolute atomic E-state index is 13.3. The summed E-state index contributed by atoms with van der Waals surface area (Å²) in [5.41, 5.74) is 2.12. The van der Waals surface area contributed by atoms with E-state index in [1.807, 2.05) is 25.1 Å². The SMILES string of the molecule is CCN(CC)CCN(C(=O)c1cccc([N+](=O)[O-])c1)c1nc2c(C)cccc2s1. The number of nitro groups is 1. The third kappa shape index (κ3) is 4.60. The van der Waals surface area contributed by atoms with Gasteiger partial charge in [0, 0.05) is 30.8 Å². The number of carbonyl (C=O) groups excluding carboxylic acids is 1. The third-order valence-electron chi connectivity index (χ3n) is 4.92. The van der Waals surface area contributed by atoms with E-state index in [2.05, 4.69) is 18.7 Å². The number of carbonyl (C=O) groups is 1. The Morgan fingerprint density at radius 3 is 2.52 bits per heavy atom. The molecule has 0 fully saturated rings. The lowest BCUT2D eigenvalue weighted by Crippen LogP contribution is -2.38. The number of rotatable bonds is 8. The zero-order chi connectivity index (χ0) is 21.0. The summed E-state index contributed by atoms with van der Waals surface area (Å²) in [7, 11) is 0. The first kappa shape index (κ1) is 20.9. The molecule has 0 atom stereocenters. The van der Waals surface area contributed by atoms with E-state index in [9.17, 15) is 14.9 Å². The van der Waals surface area contributed by atoms with Crippen LogP contribution in [0.5, 0.6) is 0 Å². The van der Waals surface area contributed by atoms with Crippen LogP contribution in [0.25, 0.3) is 10.2 Å². The average Bonchev–Trinajstić information content (AvgIpc) is 3.16. The molecular formula is C21H24N4O3S. The maximum Gasteiger partial charge on any atom is 0.270 e. The highest BCUT2D eigenvalue weighted by molar-refractivity contribution is 7.22. The molecule has 0 saturated carbocycles. The van der Waals surface area contributed by atoms with Crippen molar-refractivity contribution in [3.8, 4) is 0 Å². The Morgan fingerprint density at radius 1 is 1.14 bits per heavy atom. The summed E-state index contributed by atoms with van der Waals surface area (Å²) in [6.07, 6.45) is 0. The van der Waals surface area contributed by atoms with Gasteiger partial charge in [0.1, 0.15) is 0 Å². The minimum atomic E-state index is -0.488. The number of fused-ring (bicyclic) bond motifs is 1. The molecule has 0 aliphatic carbocycles. The minimum absolute atomic E-state index is 0.0975. The number of anilines is 1. The molecule has 1 heterocycles. The third-order valence-corrected chi connectivity index (χ3v) is 5.97. The van der Waals surface area contributed by atoms with Crippen molar-refractivity contribution in [2.75, 3.05) is 31.1 Å². The lowest BCUT2D eigenvalue weighted by molar-refractivity contribution is -0.384. The van der Waals surface area contributed by atoms with Crippen LogP contribution in [0.2, 0.25) is 0 Å². The summed E-state index contributed by atoms with van der Waals surface area (Å²) < 4.78 is 1.01. The van der Waals surface area contributed by atoms with Crippen molar-refractivity contribution in [2.24, 2.45) is 0 Å². The largest absolute Gasteiger partial charge is 0.302 e. The summed E-state index contributed by atoms with van der Waals surface area (Å²) in [5.74, 6) is -0.280. The lowest BCUT2D eigenvalue weighted by atomic mass is 10.2. The van der Waals surface area contributed by atoms with Gasteiger partial charge in [-0.2, -0.15) is 0 Å². The zero-order valence-corrected chi connectivity index (χ0v) is 17.6. The molecule has 8 heteroatoms. The van der Waals surface area contributed by atoms with Crippen LogP contribution in [-0.2, 0) is 0 Å². The number of benzene rings is 2. The van der Waals surface area contributed by atoms with Gasteiger partial charge in [-0.25, -0.2) is 4.98 Å². The van der Waals surface area contributed by atoms with E-state index in [0.29, 0.717) is 18.2 Å². The maximum atomic E-state index is 13.3. The van der Waals surface area contributed by atoms with E-state index in [1.165, 1.54) is 29.5 Å². The van der Waals surface area contributed by atoms with E-state index in [0.717, 1.165) is 28.9 Å². The van der Waals surface area contributed by atoms with Gasteiger partial charge < -0.3 is 4.90 Å². The van der Waals surface area contributed by atoms with Crippen molar-refractivity contribution in [3.63, 3.8) is 0 Å². The summed E-state index contributed by atoms with van der Waals surface area (Å²) >= 11 is 1.46. The predicted octanol–water partition coefficient (Wildman–Crippen LogP) is 4.50. The molecule has 0 aliphatic rings. The molecule has 3 aromatic rings. The van der Waals surface area contributed by atoms with Crippen molar-refractivity contribution in [1.82, 2.24) is 9.88 Å². The molecule has 1 amide bonds. The van der Waals surface area contributed by atoms with Gasteiger partial charge in [0.25, 0.3) is 11.6 Å². The van der Waals surface area contributed by atoms with Crippen LogP contribution >= 0.6 is 11.3 Å². The van der Waals surface area contributed by atoms with Gasteiger partial charge in [-0.1, -0.05) is 43.4 Å². The van der Waals surface area contributed by atoms with Gasteiger partial charge in [0.2, 0.25) is 0 Å². The highest BCUT2D eigenvalue weighted by Gasteiger charge is 2.23. The fraction of sp³-hybridized carbons (Fsp3) is 0.333. The zero-order valence-electron chi connectivity index (χ0n) is 16.8. The molecule has 2 aromatic carbocycles. The number of aromatic nitrogens is 1. The number of nitrogens with zero attached hydrogens (tertiary/aromatic N) is 4. The Labute approximate surface area is 173 Å². The van der Waals surface area contributed by atoms with Crippen LogP contribution in [0.15, 0.2) is 42.5 Å². The highest BCUT2D eigenvalue weighted by atomic mass is 32.1. The molecule has 0 radical (unpaired) electrons. The molecule has 0 spiro atoms. The van der Waals surface area contributed by atoms with Gasteiger partial charge in [-0.3, -0.25) is 19.8 Å². The Kier molecular flexibility index (Phi) is 6.56. The first-order valence-corrected chi connectivity index (χ1v) is 10.4. The summed E-state index contributed by atoms with van der Waals surface area (Å²) in [4.78, 5) is 32.5. The number of hydrogen-bond acceptors (Lipinski definition) is 6. The van der Waals surface area contributed by atoms with E-state index >= 15 is 0 Å². The molecule has 0 aliphatic heterocycles. The second-order valence-electron chi connectivity index (χ2n) is 6.71. The molecule has 3 rings (SSSR count). The molecule has 0 bridgehead atoms. The van der Waals surface area contributed by atoms with Gasteiger partial charge in [-0.05, 0) is 37.7 Å². The van der Waals surface area contributed by atoms with Crippen LogP contribution < -0.4 is 4.90 Å². The number of amides is 1. The number of non-ortho nitro benzene ring substituents is 1. The first-order valence-electron chi connectivity index (χ1n) is 9.59. The minimum Gasteiger partial charge on any atom is -0.302 e. The monoisotopic (exact) mass is 412 g/mol. The fourth-order valence-corrected chi connectivity index (χ4v) is 4.23. The second kappa shape index (κ2) is 9.11. The lowest BCUT2D eigenvalue weighted by Gasteiger charge is -2.24. The van der Waals surface area contributed by atoms with Gasteiger partial charge in [0.15, 0.2) is 5.13 Å². The molecule has 0 N–H and O–H groups in total. The van der Waals surface area contributed by atoms with Crippen LogP contribution in [0.3, 0.4) is 0 Å². The number of aryl methyl sites for hydroxylation is 1. The fourth-order valence-electron chi connectivity index (χ4n) is 3.16. The molecule has 1 aromatic heterocycles. The Hall–Kier alpha value is -2.84. The topological polar surface area (TPSA) is 79.6 Å². The molecule has 152 valence electrons. The van der Waals surface area contributed by atoms with Gasteiger partial charge in [0.05, 0.1) is 15.1 Å². The summed E-state index contributed by atoms with van der Waals surface area (Å²) in [6, 6.07) is 11.8.